The Kier molecular flexibility index (Phi) is 4.56. The smallest absolute Gasteiger partial charge is 0.123 e. The van der Waals surface area contributed by atoms with Crippen LogP contribution in [0.5, 0.6) is 5.75 Å². The number of hydrogen-bond donors (Lipinski definition) is 1. The van der Waals surface area contributed by atoms with E-state index in [0.29, 0.717) is 6.61 Å². The van der Waals surface area contributed by atoms with Crippen molar-refractivity contribution in [1.29, 1.82) is 0 Å². The molecular weight excluding hydrogens is 309 g/mol. The Bertz CT molecular complexity index is 574. The summed E-state index contributed by atoms with van der Waals surface area (Å²) in [6.07, 6.45) is 0. The summed E-state index contributed by atoms with van der Waals surface area (Å²) >= 11 is 3.48. The molecule has 1 unspecified atom stereocenters. The normalized spacial score (nSPS) is 12.2. The second-order valence-corrected chi connectivity index (χ2v) is 5.00. The molecule has 2 aromatic rings. The van der Waals surface area contributed by atoms with E-state index in [1.807, 2.05) is 31.2 Å². The molecular formula is C15H15BrFNO. The molecule has 0 spiro atoms. The first-order chi connectivity index (χ1) is 9.11. The van der Waals surface area contributed by atoms with Crippen LogP contribution in [0, 0.1) is 5.82 Å². The highest BCUT2D eigenvalue weighted by Crippen LogP contribution is 2.30. The van der Waals surface area contributed by atoms with Crippen molar-refractivity contribution in [2.24, 2.45) is 5.73 Å². The molecule has 19 heavy (non-hydrogen) atoms. The molecule has 0 saturated heterocycles. The van der Waals surface area contributed by atoms with Crippen molar-refractivity contribution in [2.45, 2.75) is 13.0 Å². The minimum Gasteiger partial charge on any atom is -0.494 e. The lowest BCUT2D eigenvalue weighted by Crippen LogP contribution is -2.12. The van der Waals surface area contributed by atoms with Crippen LogP contribution in [0.4, 0.5) is 4.39 Å². The highest BCUT2D eigenvalue weighted by molar-refractivity contribution is 9.10. The Morgan fingerprint density at radius 1 is 1.26 bits per heavy atom. The molecule has 0 heterocycles. The molecule has 0 aliphatic carbocycles. The van der Waals surface area contributed by atoms with E-state index < -0.39 is 0 Å². The quantitative estimate of drug-likeness (QED) is 0.921. The summed E-state index contributed by atoms with van der Waals surface area (Å²) in [5, 5.41) is 0. The third kappa shape index (κ3) is 3.33. The zero-order valence-electron chi connectivity index (χ0n) is 10.6. The molecule has 0 aliphatic rings. The van der Waals surface area contributed by atoms with Crippen LogP contribution in [0.15, 0.2) is 46.9 Å². The summed E-state index contributed by atoms with van der Waals surface area (Å²) in [5.74, 6) is 0.500. The Balaban J connectivity index is 2.31. The highest BCUT2D eigenvalue weighted by atomic mass is 79.9. The molecule has 1 atom stereocenters. The van der Waals surface area contributed by atoms with Gasteiger partial charge in [0.2, 0.25) is 0 Å². The molecule has 2 aromatic carbocycles. The number of hydrogen-bond acceptors (Lipinski definition) is 2. The van der Waals surface area contributed by atoms with E-state index in [4.69, 9.17) is 10.5 Å². The van der Waals surface area contributed by atoms with Crippen molar-refractivity contribution in [1.82, 2.24) is 0 Å². The fraction of sp³-hybridized carbons (Fsp3) is 0.200. The molecule has 0 amide bonds. The van der Waals surface area contributed by atoms with Crippen LogP contribution in [-0.2, 0) is 0 Å². The topological polar surface area (TPSA) is 35.2 Å². The summed E-state index contributed by atoms with van der Waals surface area (Å²) in [6, 6.07) is 11.6. The second-order valence-electron chi connectivity index (χ2n) is 4.15. The van der Waals surface area contributed by atoms with Gasteiger partial charge in [0.1, 0.15) is 11.6 Å². The number of nitrogens with two attached hydrogens (primary N) is 1. The molecule has 4 heteroatoms. The minimum absolute atomic E-state index is 0.282. The molecule has 0 bridgehead atoms. The largest absolute Gasteiger partial charge is 0.494 e. The predicted octanol–water partition coefficient (Wildman–Crippen LogP) is 4.04. The monoisotopic (exact) mass is 323 g/mol. The van der Waals surface area contributed by atoms with Crippen molar-refractivity contribution < 1.29 is 9.13 Å². The standard InChI is InChI=1S/C15H15BrFNO/c1-2-19-12-6-7-13(14(16)9-12)15(18)10-4-3-5-11(17)8-10/h3-9,15H,2,18H2,1H3. The van der Waals surface area contributed by atoms with E-state index in [-0.39, 0.29) is 11.9 Å². The molecule has 0 radical (unpaired) electrons. The van der Waals surface area contributed by atoms with Gasteiger partial charge in [-0.25, -0.2) is 4.39 Å². The number of halogens is 2. The van der Waals surface area contributed by atoms with Crippen LogP contribution in [0.3, 0.4) is 0 Å². The van der Waals surface area contributed by atoms with Crippen LogP contribution < -0.4 is 10.5 Å². The predicted molar refractivity (Wildman–Crippen MR) is 77.7 cm³/mol. The maximum absolute atomic E-state index is 13.2. The van der Waals surface area contributed by atoms with E-state index in [2.05, 4.69) is 15.9 Å². The summed E-state index contributed by atoms with van der Waals surface area (Å²) < 4.78 is 19.5. The summed E-state index contributed by atoms with van der Waals surface area (Å²) in [4.78, 5) is 0. The third-order valence-electron chi connectivity index (χ3n) is 2.83. The van der Waals surface area contributed by atoms with Gasteiger partial charge in [-0.2, -0.15) is 0 Å². The summed E-state index contributed by atoms with van der Waals surface area (Å²) in [7, 11) is 0. The van der Waals surface area contributed by atoms with Crippen LogP contribution in [0.2, 0.25) is 0 Å². The first-order valence-electron chi connectivity index (χ1n) is 6.05. The lowest BCUT2D eigenvalue weighted by molar-refractivity contribution is 0.340. The molecule has 2 N–H and O–H groups in total. The van der Waals surface area contributed by atoms with Gasteiger partial charge in [0.05, 0.1) is 12.6 Å². The zero-order valence-corrected chi connectivity index (χ0v) is 12.2. The van der Waals surface area contributed by atoms with Gasteiger partial charge < -0.3 is 10.5 Å². The fourth-order valence-corrected chi connectivity index (χ4v) is 2.50. The Morgan fingerprint density at radius 3 is 2.68 bits per heavy atom. The van der Waals surface area contributed by atoms with Gasteiger partial charge >= 0.3 is 0 Å². The van der Waals surface area contributed by atoms with Crippen molar-refractivity contribution in [2.75, 3.05) is 6.61 Å². The van der Waals surface area contributed by atoms with Crippen LogP contribution in [0.25, 0.3) is 0 Å². The molecule has 2 nitrogen and oxygen atoms in total. The highest BCUT2D eigenvalue weighted by Gasteiger charge is 2.13. The first kappa shape index (κ1) is 14.0. The SMILES string of the molecule is CCOc1ccc(C(N)c2cccc(F)c2)c(Br)c1. The van der Waals surface area contributed by atoms with Gasteiger partial charge in [-0.05, 0) is 42.3 Å². The van der Waals surface area contributed by atoms with Crippen LogP contribution >= 0.6 is 15.9 Å². The van der Waals surface area contributed by atoms with E-state index in [1.165, 1.54) is 12.1 Å². The fourth-order valence-electron chi connectivity index (χ4n) is 1.90. The van der Waals surface area contributed by atoms with Gasteiger partial charge in [-0.1, -0.05) is 34.1 Å². The molecule has 0 fully saturated rings. The Morgan fingerprint density at radius 2 is 2.05 bits per heavy atom. The van der Waals surface area contributed by atoms with Crippen LogP contribution in [-0.4, -0.2) is 6.61 Å². The van der Waals surface area contributed by atoms with Crippen molar-refractivity contribution in [3.8, 4) is 5.75 Å². The van der Waals surface area contributed by atoms with Gasteiger partial charge in [0.25, 0.3) is 0 Å². The number of rotatable bonds is 4. The molecule has 0 aliphatic heterocycles. The lowest BCUT2D eigenvalue weighted by atomic mass is 9.99. The van der Waals surface area contributed by atoms with Gasteiger partial charge in [-0.15, -0.1) is 0 Å². The zero-order chi connectivity index (χ0) is 13.8. The summed E-state index contributed by atoms with van der Waals surface area (Å²) in [5.41, 5.74) is 7.81. The van der Waals surface area contributed by atoms with Crippen molar-refractivity contribution in [3.63, 3.8) is 0 Å². The van der Waals surface area contributed by atoms with E-state index in [1.54, 1.807) is 6.07 Å². The number of ether oxygens (including phenoxy) is 1. The van der Waals surface area contributed by atoms with Crippen LogP contribution in [0.1, 0.15) is 24.1 Å². The first-order valence-corrected chi connectivity index (χ1v) is 6.84. The lowest BCUT2D eigenvalue weighted by Gasteiger charge is -2.15. The molecule has 100 valence electrons. The van der Waals surface area contributed by atoms with Gasteiger partial charge in [0, 0.05) is 4.47 Å². The Labute approximate surface area is 120 Å². The van der Waals surface area contributed by atoms with E-state index in [0.717, 1.165) is 21.3 Å². The average Bonchev–Trinajstić information content (AvgIpc) is 2.38. The average molecular weight is 324 g/mol. The van der Waals surface area contributed by atoms with Gasteiger partial charge in [-0.3, -0.25) is 0 Å². The maximum atomic E-state index is 13.2. The van der Waals surface area contributed by atoms with Gasteiger partial charge in [0.15, 0.2) is 0 Å². The van der Waals surface area contributed by atoms with Crippen molar-refractivity contribution >= 4 is 15.9 Å². The molecule has 0 saturated carbocycles. The van der Waals surface area contributed by atoms with E-state index in [9.17, 15) is 4.39 Å². The van der Waals surface area contributed by atoms with Crippen molar-refractivity contribution in [3.05, 3.63) is 63.9 Å². The van der Waals surface area contributed by atoms with E-state index >= 15 is 0 Å². The Hall–Kier alpha value is -1.39. The summed E-state index contributed by atoms with van der Waals surface area (Å²) in [6.45, 7) is 2.54. The molecule has 2 rings (SSSR count). The second kappa shape index (κ2) is 6.17. The molecule has 0 aromatic heterocycles. The minimum atomic E-state index is -0.374. The number of benzene rings is 2. The third-order valence-corrected chi connectivity index (χ3v) is 3.51. The maximum Gasteiger partial charge on any atom is 0.123 e.